The maximum Gasteiger partial charge on any atom is 0.311 e. The zero-order chi connectivity index (χ0) is 21.3. The molecule has 0 radical (unpaired) electrons. The monoisotopic (exact) mass is 410 g/mol. The first-order valence-corrected chi connectivity index (χ1v) is 10.6. The van der Waals surface area contributed by atoms with Gasteiger partial charge >= 0.3 is 5.97 Å². The van der Waals surface area contributed by atoms with Crippen LogP contribution in [-0.4, -0.2) is 12.6 Å². The van der Waals surface area contributed by atoms with Gasteiger partial charge in [0.2, 0.25) is 0 Å². The van der Waals surface area contributed by atoms with E-state index in [0.29, 0.717) is 19.6 Å². The molecule has 0 bridgehead atoms. The second-order valence-electron chi connectivity index (χ2n) is 7.63. The predicted molar refractivity (Wildman–Crippen MR) is 123 cm³/mol. The summed E-state index contributed by atoms with van der Waals surface area (Å²) >= 11 is 0. The minimum absolute atomic E-state index is 0.232. The van der Waals surface area contributed by atoms with Crippen molar-refractivity contribution in [2.24, 2.45) is 5.92 Å². The fraction of sp³-hybridized carbons (Fsp3) is 0.179. The average molecular weight is 411 g/mol. The summed E-state index contributed by atoms with van der Waals surface area (Å²) in [6.45, 7) is 1.05. The molecule has 3 heteroatoms. The first kappa shape index (κ1) is 20.8. The van der Waals surface area contributed by atoms with Crippen molar-refractivity contribution in [1.29, 1.82) is 0 Å². The van der Waals surface area contributed by atoms with E-state index in [1.165, 1.54) is 5.39 Å². The highest BCUT2D eigenvalue weighted by Crippen LogP contribution is 2.22. The molecule has 4 rings (SSSR count). The largest absolute Gasteiger partial charge is 0.461 e. The van der Waals surface area contributed by atoms with Crippen molar-refractivity contribution in [2.45, 2.75) is 19.6 Å². The molecule has 0 aliphatic carbocycles. The summed E-state index contributed by atoms with van der Waals surface area (Å²) in [6, 6.07) is 34.2. The minimum Gasteiger partial charge on any atom is -0.461 e. The van der Waals surface area contributed by atoms with Crippen LogP contribution in [-0.2, 0) is 33.9 Å². The highest BCUT2D eigenvalue weighted by atomic mass is 16.5. The summed E-state index contributed by atoms with van der Waals surface area (Å²) in [7, 11) is 0. The zero-order valence-electron chi connectivity index (χ0n) is 17.4. The van der Waals surface area contributed by atoms with Crippen LogP contribution in [0.25, 0.3) is 10.8 Å². The summed E-state index contributed by atoms with van der Waals surface area (Å²) in [5.41, 5.74) is 3.19. The Hall–Kier alpha value is -3.43. The molecule has 156 valence electrons. The molecule has 0 N–H and O–H groups in total. The van der Waals surface area contributed by atoms with Crippen LogP contribution in [0.4, 0.5) is 0 Å². The van der Waals surface area contributed by atoms with Crippen LogP contribution < -0.4 is 0 Å². The van der Waals surface area contributed by atoms with Crippen LogP contribution in [0, 0.1) is 5.92 Å². The molecule has 0 amide bonds. The van der Waals surface area contributed by atoms with Crippen LogP contribution in [0.3, 0.4) is 0 Å². The maximum absolute atomic E-state index is 13.0. The summed E-state index contributed by atoms with van der Waals surface area (Å²) in [5, 5.41) is 2.33. The van der Waals surface area contributed by atoms with Gasteiger partial charge in [-0.1, -0.05) is 103 Å². The fourth-order valence-electron chi connectivity index (χ4n) is 3.69. The van der Waals surface area contributed by atoms with Crippen molar-refractivity contribution in [1.82, 2.24) is 0 Å². The van der Waals surface area contributed by atoms with Gasteiger partial charge in [-0.05, 0) is 33.9 Å². The van der Waals surface area contributed by atoms with Gasteiger partial charge in [0, 0.05) is 0 Å². The van der Waals surface area contributed by atoms with Gasteiger partial charge in [0.05, 0.1) is 19.1 Å². The Morgan fingerprint density at radius 3 is 2.03 bits per heavy atom. The molecule has 4 aromatic rings. The molecule has 0 aliphatic heterocycles. The molecule has 1 unspecified atom stereocenters. The Balaban J connectivity index is 1.47. The summed E-state index contributed by atoms with van der Waals surface area (Å²) in [4.78, 5) is 13.0. The second-order valence-corrected chi connectivity index (χ2v) is 7.63. The molecule has 0 aromatic heterocycles. The lowest BCUT2D eigenvalue weighted by Crippen LogP contribution is -2.25. The van der Waals surface area contributed by atoms with Crippen molar-refractivity contribution >= 4 is 16.7 Å². The Morgan fingerprint density at radius 2 is 1.29 bits per heavy atom. The third-order valence-electron chi connectivity index (χ3n) is 5.33. The van der Waals surface area contributed by atoms with E-state index in [0.717, 1.165) is 22.1 Å². The number of carbonyl (C=O) groups excluding carboxylic acids is 1. The lowest BCUT2D eigenvalue weighted by molar-refractivity contribution is -0.152. The molecule has 0 spiro atoms. The van der Waals surface area contributed by atoms with Crippen LogP contribution in [0.1, 0.15) is 16.7 Å². The van der Waals surface area contributed by atoms with Crippen LogP contribution >= 0.6 is 0 Å². The number of rotatable bonds is 9. The van der Waals surface area contributed by atoms with E-state index in [-0.39, 0.29) is 18.5 Å². The molecule has 1 atom stereocenters. The van der Waals surface area contributed by atoms with Gasteiger partial charge in [0.25, 0.3) is 0 Å². The van der Waals surface area contributed by atoms with Crippen molar-refractivity contribution in [3.63, 3.8) is 0 Å². The molecule has 0 heterocycles. The minimum atomic E-state index is -0.377. The number of fused-ring (bicyclic) bond motifs is 1. The quantitative estimate of drug-likeness (QED) is 0.320. The van der Waals surface area contributed by atoms with Crippen molar-refractivity contribution in [2.75, 3.05) is 6.61 Å². The molecule has 0 saturated heterocycles. The molecular weight excluding hydrogens is 384 g/mol. The molecule has 4 aromatic carbocycles. The molecular formula is C28H26O3. The third kappa shape index (κ3) is 5.80. The van der Waals surface area contributed by atoms with Crippen molar-refractivity contribution in [3.05, 3.63) is 120 Å². The van der Waals surface area contributed by atoms with Crippen molar-refractivity contribution < 1.29 is 14.3 Å². The Morgan fingerprint density at radius 1 is 0.677 bits per heavy atom. The second kappa shape index (κ2) is 10.6. The van der Waals surface area contributed by atoms with Gasteiger partial charge in [-0.25, -0.2) is 0 Å². The third-order valence-corrected chi connectivity index (χ3v) is 5.33. The first-order valence-electron chi connectivity index (χ1n) is 10.6. The summed E-state index contributed by atoms with van der Waals surface area (Å²) in [6.07, 6.45) is 0.573. The first-order chi connectivity index (χ1) is 15.3. The Bertz CT molecular complexity index is 1100. The Labute approximate surface area is 183 Å². The van der Waals surface area contributed by atoms with E-state index in [1.807, 2.05) is 78.9 Å². The Kier molecular flexibility index (Phi) is 7.09. The van der Waals surface area contributed by atoms with Crippen LogP contribution in [0.15, 0.2) is 103 Å². The van der Waals surface area contributed by atoms with Gasteiger partial charge in [-0.3, -0.25) is 4.79 Å². The van der Waals surface area contributed by atoms with Crippen molar-refractivity contribution in [3.8, 4) is 0 Å². The number of hydrogen-bond acceptors (Lipinski definition) is 3. The standard InChI is InChI=1S/C28H26O3/c29-28(31-20-23-12-5-2-6-13-23)26(21-30-19-22-10-3-1-4-11-22)18-25-16-9-15-24-14-7-8-17-27(24)25/h1-17,26H,18-21H2. The van der Waals surface area contributed by atoms with E-state index in [9.17, 15) is 4.79 Å². The van der Waals surface area contributed by atoms with Gasteiger partial charge in [-0.15, -0.1) is 0 Å². The average Bonchev–Trinajstić information content (AvgIpc) is 2.83. The smallest absolute Gasteiger partial charge is 0.311 e. The van der Waals surface area contributed by atoms with E-state index in [1.54, 1.807) is 0 Å². The van der Waals surface area contributed by atoms with E-state index < -0.39 is 0 Å². The predicted octanol–water partition coefficient (Wildman–Crippen LogP) is 5.96. The van der Waals surface area contributed by atoms with E-state index in [4.69, 9.17) is 9.47 Å². The number of benzene rings is 4. The number of esters is 1. The van der Waals surface area contributed by atoms with Crippen LogP contribution in [0.2, 0.25) is 0 Å². The van der Waals surface area contributed by atoms with E-state index in [2.05, 4.69) is 24.3 Å². The number of hydrogen-bond donors (Lipinski definition) is 0. The lowest BCUT2D eigenvalue weighted by atomic mass is 9.95. The van der Waals surface area contributed by atoms with Gasteiger partial charge in [0.15, 0.2) is 0 Å². The molecule has 3 nitrogen and oxygen atoms in total. The molecule has 31 heavy (non-hydrogen) atoms. The topological polar surface area (TPSA) is 35.5 Å². The van der Waals surface area contributed by atoms with Crippen LogP contribution in [0.5, 0.6) is 0 Å². The van der Waals surface area contributed by atoms with Gasteiger partial charge in [-0.2, -0.15) is 0 Å². The molecule has 0 saturated carbocycles. The lowest BCUT2D eigenvalue weighted by Gasteiger charge is -2.18. The fourth-order valence-corrected chi connectivity index (χ4v) is 3.69. The number of carbonyl (C=O) groups is 1. The highest BCUT2D eigenvalue weighted by molar-refractivity contribution is 5.86. The van der Waals surface area contributed by atoms with Gasteiger partial charge in [0.1, 0.15) is 6.61 Å². The summed E-state index contributed by atoms with van der Waals surface area (Å²) in [5.74, 6) is -0.608. The SMILES string of the molecule is O=C(OCc1ccccc1)C(COCc1ccccc1)Cc1cccc2ccccc12. The summed E-state index contributed by atoms with van der Waals surface area (Å²) < 4.78 is 11.6. The maximum atomic E-state index is 13.0. The van der Waals surface area contributed by atoms with E-state index >= 15 is 0 Å². The normalized spacial score (nSPS) is 11.9. The number of ether oxygens (including phenoxy) is 2. The van der Waals surface area contributed by atoms with Gasteiger partial charge < -0.3 is 9.47 Å². The molecule has 0 aliphatic rings. The zero-order valence-corrected chi connectivity index (χ0v) is 17.4. The highest BCUT2D eigenvalue weighted by Gasteiger charge is 2.22. The molecule has 0 fully saturated rings.